The second kappa shape index (κ2) is 6.51. The summed E-state index contributed by atoms with van der Waals surface area (Å²) < 4.78 is 19.4. The highest BCUT2D eigenvalue weighted by molar-refractivity contribution is 5.79. The van der Waals surface area contributed by atoms with Gasteiger partial charge in [-0.15, -0.1) is 0 Å². The Morgan fingerprint density at radius 1 is 1.12 bits per heavy atom. The van der Waals surface area contributed by atoms with Crippen molar-refractivity contribution in [2.75, 3.05) is 31.1 Å². The number of oxazole rings is 1. The molecule has 25 heavy (non-hydrogen) atoms. The number of aromatic nitrogens is 2. The van der Waals surface area contributed by atoms with Gasteiger partial charge in [0.15, 0.2) is 0 Å². The number of fused-ring (bicyclic) bond motifs is 1. The van der Waals surface area contributed by atoms with Gasteiger partial charge in [0.05, 0.1) is 6.42 Å². The number of carbonyl (C=O) groups is 1. The first-order valence-corrected chi connectivity index (χ1v) is 8.18. The zero-order valence-corrected chi connectivity index (χ0v) is 13.6. The lowest BCUT2D eigenvalue weighted by molar-refractivity contribution is -0.130. The third-order valence-corrected chi connectivity index (χ3v) is 4.36. The van der Waals surface area contributed by atoms with E-state index in [1.807, 2.05) is 17.0 Å². The van der Waals surface area contributed by atoms with Crippen LogP contribution in [0.15, 0.2) is 47.0 Å². The first kappa shape index (κ1) is 15.6. The number of hydrogen-bond donors (Lipinski definition) is 0. The highest BCUT2D eigenvalue weighted by atomic mass is 19.1. The number of halogens is 1. The molecule has 0 N–H and O–H groups in total. The van der Waals surface area contributed by atoms with Crippen LogP contribution in [0.5, 0.6) is 0 Å². The van der Waals surface area contributed by atoms with Crippen LogP contribution >= 0.6 is 0 Å². The molecule has 1 aliphatic rings. The second-order valence-electron chi connectivity index (χ2n) is 5.96. The van der Waals surface area contributed by atoms with Crippen molar-refractivity contribution < 1.29 is 13.6 Å². The van der Waals surface area contributed by atoms with Gasteiger partial charge in [0.25, 0.3) is 6.01 Å². The minimum atomic E-state index is -0.339. The lowest BCUT2D eigenvalue weighted by atomic mass is 10.1. The van der Waals surface area contributed by atoms with Crippen LogP contribution in [-0.4, -0.2) is 47.0 Å². The summed E-state index contributed by atoms with van der Waals surface area (Å²) in [6, 6.07) is 10.6. The third kappa shape index (κ3) is 3.17. The Morgan fingerprint density at radius 2 is 1.92 bits per heavy atom. The smallest absolute Gasteiger partial charge is 0.299 e. The molecule has 1 aromatic carbocycles. The summed E-state index contributed by atoms with van der Waals surface area (Å²) >= 11 is 0. The molecule has 4 rings (SSSR count). The molecule has 0 saturated carbocycles. The quantitative estimate of drug-likeness (QED) is 0.732. The molecule has 1 aliphatic heterocycles. The largest absolute Gasteiger partial charge is 0.404 e. The molecule has 2 aromatic heterocycles. The van der Waals surface area contributed by atoms with Gasteiger partial charge < -0.3 is 14.2 Å². The van der Waals surface area contributed by atoms with E-state index in [-0.39, 0.29) is 18.1 Å². The fourth-order valence-corrected chi connectivity index (χ4v) is 2.96. The summed E-state index contributed by atoms with van der Waals surface area (Å²) in [7, 11) is 0. The number of amides is 1. The summed E-state index contributed by atoms with van der Waals surface area (Å²) in [6.45, 7) is 2.35. The lowest BCUT2D eigenvalue weighted by Gasteiger charge is -2.33. The average Bonchev–Trinajstić information content (AvgIpc) is 3.08. The first-order valence-electron chi connectivity index (χ1n) is 8.18. The van der Waals surface area contributed by atoms with E-state index >= 15 is 0 Å². The molecule has 0 atom stereocenters. The van der Waals surface area contributed by atoms with E-state index in [1.165, 1.54) is 6.07 Å². The van der Waals surface area contributed by atoms with Gasteiger partial charge in [0.2, 0.25) is 11.6 Å². The van der Waals surface area contributed by atoms with E-state index in [0.29, 0.717) is 43.5 Å². The zero-order valence-electron chi connectivity index (χ0n) is 13.6. The van der Waals surface area contributed by atoms with Crippen LogP contribution < -0.4 is 4.90 Å². The van der Waals surface area contributed by atoms with Crippen LogP contribution in [-0.2, 0) is 11.2 Å². The van der Waals surface area contributed by atoms with Crippen molar-refractivity contribution in [1.82, 2.24) is 14.9 Å². The van der Waals surface area contributed by atoms with Gasteiger partial charge in [-0.2, -0.15) is 4.98 Å². The minimum absolute atomic E-state index is 0.0658. The maximum Gasteiger partial charge on any atom is 0.299 e. The monoisotopic (exact) mass is 340 g/mol. The van der Waals surface area contributed by atoms with Crippen LogP contribution in [0.3, 0.4) is 0 Å². The Kier molecular flexibility index (Phi) is 4.05. The van der Waals surface area contributed by atoms with E-state index in [0.717, 1.165) is 5.52 Å². The number of benzene rings is 1. The molecule has 3 heterocycles. The maximum atomic E-state index is 13.7. The SMILES string of the molecule is O=C(Cc1ccccc1F)N1CCN(c2nc3cccnc3o2)CC1. The molecule has 0 aliphatic carbocycles. The molecule has 0 spiro atoms. The molecule has 1 saturated heterocycles. The highest BCUT2D eigenvalue weighted by Gasteiger charge is 2.24. The second-order valence-corrected chi connectivity index (χ2v) is 5.96. The molecule has 7 heteroatoms. The molecule has 3 aromatic rings. The molecular formula is C18H17FN4O2. The van der Waals surface area contributed by atoms with Crippen molar-refractivity contribution in [1.29, 1.82) is 0 Å². The standard InChI is InChI=1S/C18H17FN4O2/c19-14-5-2-1-4-13(14)12-16(24)22-8-10-23(11-9-22)18-21-15-6-3-7-20-17(15)25-18/h1-7H,8-12H2. The van der Waals surface area contributed by atoms with Gasteiger partial charge in [-0.25, -0.2) is 9.37 Å². The Morgan fingerprint density at radius 3 is 2.68 bits per heavy atom. The van der Waals surface area contributed by atoms with Crippen molar-refractivity contribution in [2.45, 2.75) is 6.42 Å². The fourth-order valence-electron chi connectivity index (χ4n) is 2.96. The van der Waals surface area contributed by atoms with Gasteiger partial charge in [-0.05, 0) is 23.8 Å². The maximum absolute atomic E-state index is 13.7. The van der Waals surface area contributed by atoms with Crippen LogP contribution in [0.1, 0.15) is 5.56 Å². The van der Waals surface area contributed by atoms with Gasteiger partial charge in [-0.1, -0.05) is 18.2 Å². The number of carbonyl (C=O) groups excluding carboxylic acids is 1. The first-order chi connectivity index (χ1) is 12.2. The number of nitrogens with zero attached hydrogens (tertiary/aromatic N) is 4. The predicted octanol–water partition coefficient (Wildman–Crippen LogP) is 2.25. The number of hydrogen-bond acceptors (Lipinski definition) is 5. The van der Waals surface area contributed by atoms with Crippen molar-refractivity contribution >= 4 is 23.2 Å². The molecular weight excluding hydrogens is 323 g/mol. The molecule has 0 unspecified atom stereocenters. The van der Waals surface area contributed by atoms with E-state index in [9.17, 15) is 9.18 Å². The fraction of sp³-hybridized carbons (Fsp3) is 0.278. The van der Waals surface area contributed by atoms with Crippen molar-refractivity contribution in [2.24, 2.45) is 0 Å². The summed E-state index contributed by atoms with van der Waals surface area (Å²) in [4.78, 5) is 24.7. The van der Waals surface area contributed by atoms with Crippen LogP contribution in [0, 0.1) is 5.82 Å². The number of anilines is 1. The number of rotatable bonds is 3. The van der Waals surface area contributed by atoms with E-state index < -0.39 is 0 Å². The third-order valence-electron chi connectivity index (χ3n) is 4.36. The van der Waals surface area contributed by atoms with Crippen molar-refractivity contribution in [3.8, 4) is 0 Å². The summed E-state index contributed by atoms with van der Waals surface area (Å²) in [6.07, 6.45) is 1.75. The molecule has 6 nitrogen and oxygen atoms in total. The summed E-state index contributed by atoms with van der Waals surface area (Å²) in [5, 5.41) is 0. The zero-order chi connectivity index (χ0) is 17.2. The molecule has 1 fully saturated rings. The Hall–Kier alpha value is -2.96. The van der Waals surface area contributed by atoms with E-state index in [2.05, 4.69) is 9.97 Å². The average molecular weight is 340 g/mol. The molecule has 0 bridgehead atoms. The Balaban J connectivity index is 1.39. The number of piperazine rings is 1. The lowest BCUT2D eigenvalue weighted by Crippen LogP contribution is -2.49. The van der Waals surface area contributed by atoms with Crippen LogP contribution in [0.4, 0.5) is 10.4 Å². The van der Waals surface area contributed by atoms with Gasteiger partial charge >= 0.3 is 0 Å². The van der Waals surface area contributed by atoms with Crippen molar-refractivity contribution in [3.05, 3.63) is 54.0 Å². The summed E-state index contributed by atoms with van der Waals surface area (Å²) in [5.41, 5.74) is 1.66. The van der Waals surface area contributed by atoms with E-state index in [4.69, 9.17) is 4.42 Å². The Labute approximate surface area is 143 Å². The number of pyridine rings is 1. The van der Waals surface area contributed by atoms with Crippen LogP contribution in [0.2, 0.25) is 0 Å². The van der Waals surface area contributed by atoms with E-state index in [1.54, 1.807) is 29.3 Å². The summed E-state index contributed by atoms with van der Waals surface area (Å²) in [5.74, 6) is -0.405. The molecule has 0 radical (unpaired) electrons. The van der Waals surface area contributed by atoms with Gasteiger partial charge in [-0.3, -0.25) is 4.79 Å². The highest BCUT2D eigenvalue weighted by Crippen LogP contribution is 2.21. The topological polar surface area (TPSA) is 62.5 Å². The van der Waals surface area contributed by atoms with Crippen LogP contribution in [0.25, 0.3) is 11.2 Å². The predicted molar refractivity (Wildman–Crippen MR) is 90.7 cm³/mol. The normalized spacial score (nSPS) is 14.9. The minimum Gasteiger partial charge on any atom is -0.404 e. The van der Waals surface area contributed by atoms with Crippen molar-refractivity contribution in [3.63, 3.8) is 0 Å². The molecule has 128 valence electrons. The Bertz CT molecular complexity index is 870. The molecule has 1 amide bonds. The van der Waals surface area contributed by atoms with Gasteiger partial charge in [0.1, 0.15) is 11.3 Å². The van der Waals surface area contributed by atoms with Gasteiger partial charge in [0, 0.05) is 32.4 Å².